The van der Waals surface area contributed by atoms with Crippen LogP contribution in [0.4, 0.5) is 0 Å². The lowest BCUT2D eigenvalue weighted by Gasteiger charge is -2.11. The quantitative estimate of drug-likeness (QED) is 0.659. The van der Waals surface area contributed by atoms with Crippen LogP contribution in [0.1, 0.15) is 26.3 Å². The molecule has 2 unspecified atom stereocenters. The predicted octanol–water partition coefficient (Wildman–Crippen LogP) is 3.12. The fourth-order valence-electron chi connectivity index (χ4n) is 2.65. The summed E-state index contributed by atoms with van der Waals surface area (Å²) in [7, 11) is 0. The molecule has 1 fully saturated rings. The molecule has 1 nitrogen and oxygen atoms in total. The van der Waals surface area contributed by atoms with Gasteiger partial charge in [0.05, 0.1) is 11.5 Å². The van der Waals surface area contributed by atoms with Crippen LogP contribution in [0.25, 0.3) is 0 Å². The SMILES string of the molecule is CC1C(C)(C)C1(C#N)c1ccccc1. The van der Waals surface area contributed by atoms with Gasteiger partial charge in [0.1, 0.15) is 0 Å². The maximum absolute atomic E-state index is 9.37. The van der Waals surface area contributed by atoms with Gasteiger partial charge in [-0.1, -0.05) is 51.1 Å². The van der Waals surface area contributed by atoms with Gasteiger partial charge in [-0.25, -0.2) is 0 Å². The van der Waals surface area contributed by atoms with Gasteiger partial charge in [0.2, 0.25) is 0 Å². The van der Waals surface area contributed by atoms with E-state index in [1.54, 1.807) is 0 Å². The molecule has 0 aliphatic heterocycles. The van der Waals surface area contributed by atoms with E-state index < -0.39 is 0 Å². The second-order valence-corrected chi connectivity index (χ2v) is 4.73. The summed E-state index contributed by atoms with van der Waals surface area (Å²) < 4.78 is 0. The Morgan fingerprint density at radius 2 is 1.71 bits per heavy atom. The van der Waals surface area contributed by atoms with Crippen LogP contribution >= 0.6 is 0 Å². The van der Waals surface area contributed by atoms with Crippen molar-refractivity contribution in [2.45, 2.75) is 26.2 Å². The van der Waals surface area contributed by atoms with Crippen LogP contribution in [0.3, 0.4) is 0 Å². The first-order chi connectivity index (χ1) is 6.57. The number of hydrogen-bond donors (Lipinski definition) is 0. The van der Waals surface area contributed by atoms with Gasteiger partial charge < -0.3 is 0 Å². The van der Waals surface area contributed by atoms with Gasteiger partial charge >= 0.3 is 0 Å². The lowest BCUT2D eigenvalue weighted by atomic mass is 9.89. The van der Waals surface area contributed by atoms with Crippen molar-refractivity contribution in [2.24, 2.45) is 11.3 Å². The third-order valence-corrected chi connectivity index (χ3v) is 4.07. The summed E-state index contributed by atoms with van der Waals surface area (Å²) in [6.45, 7) is 6.51. The smallest absolute Gasteiger partial charge is 0.0907 e. The molecule has 0 heterocycles. The summed E-state index contributed by atoms with van der Waals surface area (Å²) in [5, 5.41) is 9.37. The van der Waals surface area contributed by atoms with Crippen molar-refractivity contribution in [2.75, 3.05) is 0 Å². The maximum Gasteiger partial charge on any atom is 0.0907 e. The molecule has 2 atom stereocenters. The molecule has 1 aromatic carbocycles. The molecule has 2 rings (SSSR count). The summed E-state index contributed by atoms with van der Waals surface area (Å²) in [5.41, 5.74) is 1.03. The van der Waals surface area contributed by atoms with E-state index in [1.807, 2.05) is 18.2 Å². The van der Waals surface area contributed by atoms with Gasteiger partial charge in [0.25, 0.3) is 0 Å². The fourth-order valence-corrected chi connectivity index (χ4v) is 2.65. The first kappa shape index (κ1) is 9.27. The van der Waals surface area contributed by atoms with Crippen LogP contribution in [0.5, 0.6) is 0 Å². The summed E-state index contributed by atoms with van der Waals surface area (Å²) in [5.74, 6) is 0.447. The average molecular weight is 185 g/mol. The van der Waals surface area contributed by atoms with E-state index in [1.165, 1.54) is 5.56 Å². The average Bonchev–Trinajstić information content (AvgIpc) is 2.64. The van der Waals surface area contributed by atoms with Gasteiger partial charge in [-0.2, -0.15) is 5.26 Å². The molecule has 0 N–H and O–H groups in total. The zero-order valence-electron chi connectivity index (χ0n) is 8.91. The molecule has 1 aromatic rings. The normalized spacial score (nSPS) is 33.4. The topological polar surface area (TPSA) is 23.8 Å². The standard InChI is InChI=1S/C13H15N/c1-10-12(2,3)13(10,9-14)11-7-5-4-6-8-11/h4-8,10H,1-3H3. The molecule has 0 spiro atoms. The molecule has 0 radical (unpaired) electrons. The Bertz CT molecular complexity index is 385. The predicted molar refractivity (Wildman–Crippen MR) is 56.7 cm³/mol. The second-order valence-electron chi connectivity index (χ2n) is 4.73. The van der Waals surface area contributed by atoms with Crippen molar-refractivity contribution in [3.63, 3.8) is 0 Å². The minimum Gasteiger partial charge on any atom is -0.197 e. The highest BCUT2D eigenvalue weighted by Crippen LogP contribution is 2.68. The van der Waals surface area contributed by atoms with Crippen molar-refractivity contribution in [3.05, 3.63) is 35.9 Å². The Labute approximate surface area is 85.4 Å². The van der Waals surface area contributed by atoms with Crippen LogP contribution in [0.15, 0.2) is 30.3 Å². The molecular weight excluding hydrogens is 170 g/mol. The van der Waals surface area contributed by atoms with E-state index in [-0.39, 0.29) is 10.8 Å². The van der Waals surface area contributed by atoms with Crippen molar-refractivity contribution in [3.8, 4) is 6.07 Å². The number of hydrogen-bond acceptors (Lipinski definition) is 1. The highest BCUT2D eigenvalue weighted by atomic mass is 14.7. The Kier molecular flexibility index (Phi) is 1.72. The number of nitrogens with zero attached hydrogens (tertiary/aromatic N) is 1. The number of benzene rings is 1. The van der Waals surface area contributed by atoms with Crippen molar-refractivity contribution < 1.29 is 0 Å². The van der Waals surface area contributed by atoms with E-state index in [2.05, 4.69) is 39.0 Å². The zero-order chi connectivity index (χ0) is 10.4. The Morgan fingerprint density at radius 1 is 1.21 bits per heavy atom. The summed E-state index contributed by atoms with van der Waals surface area (Å²) >= 11 is 0. The summed E-state index contributed by atoms with van der Waals surface area (Å²) in [4.78, 5) is 0. The third-order valence-electron chi connectivity index (χ3n) is 4.07. The first-order valence-electron chi connectivity index (χ1n) is 5.04. The molecule has 72 valence electrons. The monoisotopic (exact) mass is 185 g/mol. The first-order valence-corrected chi connectivity index (χ1v) is 5.04. The molecule has 14 heavy (non-hydrogen) atoms. The van der Waals surface area contributed by atoms with Crippen LogP contribution in [0, 0.1) is 22.7 Å². The Hall–Kier alpha value is -1.29. The van der Waals surface area contributed by atoms with Gasteiger partial charge in [0.15, 0.2) is 0 Å². The minimum absolute atomic E-state index is 0.114. The second kappa shape index (κ2) is 2.60. The number of rotatable bonds is 1. The summed E-state index contributed by atoms with van der Waals surface area (Å²) in [6.07, 6.45) is 0. The zero-order valence-corrected chi connectivity index (χ0v) is 8.91. The van der Waals surface area contributed by atoms with E-state index >= 15 is 0 Å². The van der Waals surface area contributed by atoms with Gasteiger partial charge in [-0.15, -0.1) is 0 Å². The third kappa shape index (κ3) is 0.838. The molecule has 1 saturated carbocycles. The fraction of sp³-hybridized carbons (Fsp3) is 0.462. The van der Waals surface area contributed by atoms with Crippen LogP contribution < -0.4 is 0 Å². The van der Waals surface area contributed by atoms with Crippen molar-refractivity contribution >= 4 is 0 Å². The van der Waals surface area contributed by atoms with Gasteiger partial charge in [-0.3, -0.25) is 0 Å². The highest BCUT2D eigenvalue weighted by molar-refractivity contribution is 5.46. The van der Waals surface area contributed by atoms with Gasteiger partial charge in [-0.05, 0) is 16.9 Å². The Balaban J connectivity index is 2.50. The molecule has 1 aliphatic rings. The van der Waals surface area contributed by atoms with Crippen LogP contribution in [-0.2, 0) is 5.41 Å². The summed E-state index contributed by atoms with van der Waals surface area (Å²) in [6, 6.07) is 12.7. The molecule has 1 aliphatic carbocycles. The van der Waals surface area contributed by atoms with Gasteiger partial charge in [0, 0.05) is 0 Å². The van der Waals surface area contributed by atoms with E-state index in [9.17, 15) is 5.26 Å². The van der Waals surface area contributed by atoms with Crippen LogP contribution in [-0.4, -0.2) is 0 Å². The number of nitriles is 1. The molecular formula is C13H15N. The highest BCUT2D eigenvalue weighted by Gasteiger charge is 2.70. The minimum atomic E-state index is -0.256. The maximum atomic E-state index is 9.37. The van der Waals surface area contributed by atoms with Crippen molar-refractivity contribution in [1.82, 2.24) is 0 Å². The molecule has 1 heteroatoms. The van der Waals surface area contributed by atoms with E-state index in [0.29, 0.717) is 5.92 Å². The van der Waals surface area contributed by atoms with Crippen LogP contribution in [0.2, 0.25) is 0 Å². The molecule has 0 aromatic heterocycles. The molecule has 0 saturated heterocycles. The Morgan fingerprint density at radius 3 is 2.07 bits per heavy atom. The van der Waals surface area contributed by atoms with Crippen molar-refractivity contribution in [1.29, 1.82) is 5.26 Å². The molecule has 0 amide bonds. The van der Waals surface area contributed by atoms with E-state index in [4.69, 9.17) is 0 Å². The lowest BCUT2D eigenvalue weighted by molar-refractivity contribution is 0.550. The van der Waals surface area contributed by atoms with E-state index in [0.717, 1.165) is 0 Å². The largest absolute Gasteiger partial charge is 0.197 e. The molecule has 0 bridgehead atoms. The lowest BCUT2D eigenvalue weighted by Crippen LogP contribution is -2.11.